The summed E-state index contributed by atoms with van der Waals surface area (Å²) in [5, 5.41) is 17.7. The summed E-state index contributed by atoms with van der Waals surface area (Å²) in [5.74, 6) is -1.34. The summed E-state index contributed by atoms with van der Waals surface area (Å²) in [4.78, 5) is 35.5. The maximum Gasteiger partial charge on any atom is 0.342 e. The molecule has 0 atom stereocenters. The summed E-state index contributed by atoms with van der Waals surface area (Å²) in [6, 6.07) is 14.6. The fourth-order valence-corrected chi connectivity index (χ4v) is 2.64. The molecule has 2 N–H and O–H groups in total. The number of carbonyl (C=O) groups excluding carboxylic acids is 2. The van der Waals surface area contributed by atoms with Crippen molar-refractivity contribution in [1.29, 1.82) is 0 Å². The Balaban J connectivity index is 2.04. The Morgan fingerprint density at radius 1 is 1.18 bits per heavy atom. The molecular weight excluding hydrogens is 364 g/mol. The van der Waals surface area contributed by atoms with Gasteiger partial charge in [0.25, 0.3) is 11.6 Å². The van der Waals surface area contributed by atoms with Gasteiger partial charge < -0.3 is 10.1 Å². The van der Waals surface area contributed by atoms with E-state index in [9.17, 15) is 19.7 Å². The first-order chi connectivity index (χ1) is 13.5. The van der Waals surface area contributed by atoms with Crippen LogP contribution in [-0.4, -0.2) is 29.1 Å². The lowest BCUT2D eigenvalue weighted by atomic mass is 10.1. The number of hydrogen-bond acceptors (Lipinski definition) is 7. The van der Waals surface area contributed by atoms with Crippen molar-refractivity contribution in [2.75, 3.05) is 12.0 Å². The minimum Gasteiger partial charge on any atom is -0.462 e. The second-order valence-electron chi connectivity index (χ2n) is 5.64. The molecule has 142 valence electrons. The van der Waals surface area contributed by atoms with Crippen LogP contribution in [-0.2, 0) is 14.3 Å². The standard InChI is InChI=1S/C19H16N4O5/c1-2-28-19(25)15-16(12-8-4-3-5-9-12)20-18(24)17(15)22-21-13-10-6-7-11-14(13)23(26)27/h3-11,21H,2H2,1H3,(H,20,22,24). The minimum absolute atomic E-state index is 0.0378. The lowest BCUT2D eigenvalue weighted by Crippen LogP contribution is -2.24. The SMILES string of the molecule is CCOC(=O)C1=C(c2ccccc2)NC(=O)/C1=N\Nc1ccccc1[N+](=O)[O-]. The smallest absolute Gasteiger partial charge is 0.342 e. The zero-order valence-corrected chi connectivity index (χ0v) is 14.8. The van der Waals surface area contributed by atoms with E-state index in [4.69, 9.17) is 4.74 Å². The van der Waals surface area contributed by atoms with E-state index in [0.29, 0.717) is 5.56 Å². The van der Waals surface area contributed by atoms with Crippen LogP contribution in [0.4, 0.5) is 11.4 Å². The molecule has 0 bridgehead atoms. The molecule has 1 heterocycles. The Kier molecular flexibility index (Phi) is 5.45. The molecule has 2 aromatic rings. The molecule has 1 aliphatic heterocycles. The van der Waals surface area contributed by atoms with Crippen LogP contribution in [0.25, 0.3) is 5.70 Å². The molecule has 0 fully saturated rings. The van der Waals surface area contributed by atoms with E-state index in [0.717, 1.165) is 0 Å². The van der Waals surface area contributed by atoms with Crippen LogP contribution in [0.1, 0.15) is 12.5 Å². The van der Waals surface area contributed by atoms with Crippen molar-refractivity contribution in [1.82, 2.24) is 5.32 Å². The first-order valence-corrected chi connectivity index (χ1v) is 8.38. The predicted octanol–water partition coefficient (Wildman–Crippen LogP) is 2.47. The normalized spacial score (nSPS) is 14.8. The summed E-state index contributed by atoms with van der Waals surface area (Å²) < 4.78 is 5.06. The maximum atomic E-state index is 12.5. The fourth-order valence-electron chi connectivity index (χ4n) is 2.64. The summed E-state index contributed by atoms with van der Waals surface area (Å²) in [6.07, 6.45) is 0. The predicted molar refractivity (Wildman–Crippen MR) is 102 cm³/mol. The molecule has 1 aliphatic rings. The summed E-state index contributed by atoms with van der Waals surface area (Å²) >= 11 is 0. The van der Waals surface area contributed by atoms with Gasteiger partial charge in [-0.25, -0.2) is 4.79 Å². The van der Waals surface area contributed by atoms with Gasteiger partial charge in [-0.2, -0.15) is 5.10 Å². The largest absolute Gasteiger partial charge is 0.462 e. The number of esters is 1. The summed E-state index contributed by atoms with van der Waals surface area (Å²) in [7, 11) is 0. The maximum absolute atomic E-state index is 12.5. The van der Waals surface area contributed by atoms with Crippen molar-refractivity contribution in [2.45, 2.75) is 6.92 Å². The number of hydrazone groups is 1. The Labute approximate surface area is 159 Å². The Hall–Kier alpha value is -4.01. The topological polar surface area (TPSA) is 123 Å². The van der Waals surface area contributed by atoms with E-state index in [2.05, 4.69) is 15.8 Å². The number of ether oxygens (including phenoxy) is 1. The molecule has 0 unspecified atom stereocenters. The molecule has 0 aromatic heterocycles. The average molecular weight is 380 g/mol. The van der Waals surface area contributed by atoms with Crippen molar-refractivity contribution in [3.63, 3.8) is 0 Å². The highest BCUT2D eigenvalue weighted by Gasteiger charge is 2.35. The number of rotatable bonds is 6. The van der Waals surface area contributed by atoms with Crippen molar-refractivity contribution >= 4 is 34.7 Å². The van der Waals surface area contributed by atoms with E-state index in [1.807, 2.05) is 0 Å². The lowest BCUT2D eigenvalue weighted by Gasteiger charge is -2.07. The molecule has 0 spiro atoms. The van der Waals surface area contributed by atoms with E-state index in [1.54, 1.807) is 43.3 Å². The van der Waals surface area contributed by atoms with Crippen molar-refractivity contribution < 1.29 is 19.2 Å². The van der Waals surface area contributed by atoms with E-state index in [1.165, 1.54) is 18.2 Å². The molecule has 9 heteroatoms. The van der Waals surface area contributed by atoms with Crippen LogP contribution in [0.5, 0.6) is 0 Å². The average Bonchev–Trinajstić information content (AvgIpc) is 3.03. The number of nitro groups is 1. The highest BCUT2D eigenvalue weighted by Crippen LogP contribution is 2.26. The van der Waals surface area contributed by atoms with E-state index < -0.39 is 16.8 Å². The number of amides is 1. The third-order valence-corrected chi connectivity index (χ3v) is 3.87. The van der Waals surface area contributed by atoms with E-state index in [-0.39, 0.29) is 35.0 Å². The van der Waals surface area contributed by atoms with Crippen LogP contribution < -0.4 is 10.7 Å². The molecule has 0 aliphatic carbocycles. The van der Waals surface area contributed by atoms with Crippen molar-refractivity contribution in [3.05, 3.63) is 75.8 Å². The van der Waals surface area contributed by atoms with Crippen LogP contribution in [0.3, 0.4) is 0 Å². The number of benzene rings is 2. The molecule has 0 saturated carbocycles. The van der Waals surface area contributed by atoms with Gasteiger partial charge in [0.15, 0.2) is 5.71 Å². The summed E-state index contributed by atoms with van der Waals surface area (Å²) in [6.45, 7) is 1.76. The zero-order chi connectivity index (χ0) is 20.1. The van der Waals surface area contributed by atoms with Gasteiger partial charge in [0.2, 0.25) is 0 Å². The molecule has 0 saturated heterocycles. The third-order valence-electron chi connectivity index (χ3n) is 3.87. The van der Waals surface area contributed by atoms with Gasteiger partial charge in [-0.1, -0.05) is 42.5 Å². The number of carbonyl (C=O) groups is 2. The molecule has 28 heavy (non-hydrogen) atoms. The number of nitrogens with one attached hydrogen (secondary N) is 2. The van der Waals surface area contributed by atoms with Gasteiger partial charge in [0.1, 0.15) is 11.3 Å². The van der Waals surface area contributed by atoms with Crippen molar-refractivity contribution in [2.24, 2.45) is 5.10 Å². The monoisotopic (exact) mass is 380 g/mol. The summed E-state index contributed by atoms with van der Waals surface area (Å²) in [5.41, 5.74) is 3.01. The van der Waals surface area contributed by atoms with Crippen LogP contribution >= 0.6 is 0 Å². The van der Waals surface area contributed by atoms with Gasteiger partial charge in [0.05, 0.1) is 17.2 Å². The molecule has 2 aromatic carbocycles. The molecular formula is C19H16N4O5. The molecule has 3 rings (SSSR count). The van der Waals surface area contributed by atoms with Gasteiger partial charge in [-0.05, 0) is 18.6 Å². The molecule has 9 nitrogen and oxygen atoms in total. The van der Waals surface area contributed by atoms with Crippen LogP contribution in [0, 0.1) is 10.1 Å². The highest BCUT2D eigenvalue weighted by molar-refractivity contribution is 6.56. The second kappa shape index (κ2) is 8.12. The lowest BCUT2D eigenvalue weighted by molar-refractivity contribution is -0.384. The Bertz CT molecular complexity index is 998. The van der Waals surface area contributed by atoms with Gasteiger partial charge in [-0.3, -0.25) is 20.3 Å². The minimum atomic E-state index is -0.720. The molecule has 0 radical (unpaired) electrons. The Morgan fingerprint density at radius 2 is 1.86 bits per heavy atom. The number of anilines is 1. The quantitative estimate of drug-likeness (QED) is 0.451. The second-order valence-corrected chi connectivity index (χ2v) is 5.64. The van der Waals surface area contributed by atoms with E-state index >= 15 is 0 Å². The van der Waals surface area contributed by atoms with Gasteiger partial charge in [0, 0.05) is 6.07 Å². The van der Waals surface area contributed by atoms with Crippen molar-refractivity contribution in [3.8, 4) is 0 Å². The highest BCUT2D eigenvalue weighted by atomic mass is 16.6. The Morgan fingerprint density at radius 3 is 2.54 bits per heavy atom. The first kappa shape index (κ1) is 18.8. The number of nitro benzene ring substituents is 1. The van der Waals surface area contributed by atoms with Gasteiger partial charge in [-0.15, -0.1) is 0 Å². The van der Waals surface area contributed by atoms with Crippen LogP contribution in [0.15, 0.2) is 65.3 Å². The third kappa shape index (κ3) is 3.73. The number of nitrogens with zero attached hydrogens (tertiary/aromatic N) is 2. The van der Waals surface area contributed by atoms with Gasteiger partial charge >= 0.3 is 5.97 Å². The zero-order valence-electron chi connectivity index (χ0n) is 14.8. The fraction of sp³-hybridized carbons (Fsp3) is 0.105. The number of para-hydroxylation sites is 2. The number of hydrogen-bond donors (Lipinski definition) is 2. The van der Waals surface area contributed by atoms with Crippen LogP contribution in [0.2, 0.25) is 0 Å². The molecule has 1 amide bonds. The first-order valence-electron chi connectivity index (χ1n) is 8.38.